The Morgan fingerprint density at radius 3 is 2.26 bits per heavy atom. The van der Waals surface area contributed by atoms with Crippen LogP contribution in [0.2, 0.25) is 0 Å². The Balaban J connectivity index is 1.44. The third kappa shape index (κ3) is 5.69. The van der Waals surface area contributed by atoms with E-state index in [9.17, 15) is 24.3 Å². The molecule has 2 atom stereocenters. The molecule has 10 nitrogen and oxygen atoms in total. The maximum absolute atomic E-state index is 13.9. The van der Waals surface area contributed by atoms with Crippen LogP contribution in [0.4, 0.5) is 0 Å². The zero-order valence-corrected chi connectivity index (χ0v) is 21.9. The van der Waals surface area contributed by atoms with E-state index < -0.39 is 30.0 Å². The van der Waals surface area contributed by atoms with Crippen LogP contribution in [0.3, 0.4) is 0 Å². The van der Waals surface area contributed by atoms with E-state index in [-0.39, 0.29) is 38.1 Å². The smallest absolute Gasteiger partial charge is 0.305 e. The highest BCUT2D eigenvalue weighted by Gasteiger charge is 2.44. The van der Waals surface area contributed by atoms with Gasteiger partial charge in [-0.05, 0) is 56.0 Å². The second-order valence-corrected chi connectivity index (χ2v) is 10.4. The van der Waals surface area contributed by atoms with Crippen molar-refractivity contribution < 1.29 is 33.8 Å². The zero-order chi connectivity index (χ0) is 27.5. The Kier molecular flexibility index (Phi) is 7.72. The second-order valence-electron chi connectivity index (χ2n) is 10.4. The minimum absolute atomic E-state index is 0.0270. The summed E-state index contributed by atoms with van der Waals surface area (Å²) in [5.74, 6) is -1.36. The van der Waals surface area contributed by atoms with Crippen molar-refractivity contribution in [1.29, 1.82) is 0 Å². The summed E-state index contributed by atoms with van der Waals surface area (Å²) in [6.45, 7) is 2.25. The van der Waals surface area contributed by atoms with Gasteiger partial charge in [-0.1, -0.05) is 37.0 Å². The number of fused-ring (bicyclic) bond motifs is 1. The normalized spacial score (nSPS) is 19.6. The van der Waals surface area contributed by atoms with Crippen molar-refractivity contribution in [3.8, 4) is 11.5 Å². The molecular weight excluding hydrogens is 502 g/mol. The van der Waals surface area contributed by atoms with Gasteiger partial charge in [0.25, 0.3) is 17.7 Å². The molecule has 39 heavy (non-hydrogen) atoms. The highest BCUT2D eigenvalue weighted by Crippen LogP contribution is 2.34. The molecule has 3 amide bonds. The van der Waals surface area contributed by atoms with Gasteiger partial charge in [-0.25, -0.2) is 0 Å². The van der Waals surface area contributed by atoms with Gasteiger partial charge in [0.2, 0.25) is 6.79 Å². The highest BCUT2D eigenvalue weighted by molar-refractivity contribution is 6.02. The molecular formula is C29H33N3O7. The lowest BCUT2D eigenvalue weighted by molar-refractivity contribution is -0.138. The van der Waals surface area contributed by atoms with E-state index in [1.165, 1.54) is 9.80 Å². The fraction of sp³-hybridized carbons (Fsp3) is 0.448. The molecule has 2 unspecified atom stereocenters. The molecule has 10 heteroatoms. The maximum atomic E-state index is 13.9. The monoisotopic (exact) mass is 535 g/mol. The number of amides is 3. The van der Waals surface area contributed by atoms with Gasteiger partial charge in [-0.15, -0.1) is 0 Å². The number of ether oxygens (including phenoxy) is 2. The van der Waals surface area contributed by atoms with Gasteiger partial charge in [0.1, 0.15) is 0 Å². The van der Waals surface area contributed by atoms with E-state index in [0.717, 1.165) is 37.7 Å². The topological polar surface area (TPSA) is 125 Å². The fourth-order valence-electron chi connectivity index (χ4n) is 5.79. The van der Waals surface area contributed by atoms with Crippen molar-refractivity contribution in [2.45, 2.75) is 57.7 Å². The third-order valence-corrected chi connectivity index (χ3v) is 7.75. The number of hydrogen-bond acceptors (Lipinski definition) is 6. The number of carbonyl (C=O) groups is 4. The molecule has 0 spiro atoms. The third-order valence-electron chi connectivity index (χ3n) is 7.75. The molecule has 0 aromatic heterocycles. The number of aryl methyl sites for hydroxylation is 1. The van der Waals surface area contributed by atoms with Crippen molar-refractivity contribution in [2.24, 2.45) is 5.92 Å². The van der Waals surface area contributed by atoms with Crippen LogP contribution >= 0.6 is 0 Å². The van der Waals surface area contributed by atoms with Crippen molar-refractivity contribution in [3.63, 3.8) is 0 Å². The van der Waals surface area contributed by atoms with Crippen molar-refractivity contribution in [3.05, 3.63) is 59.2 Å². The van der Waals surface area contributed by atoms with E-state index in [1.54, 1.807) is 36.4 Å². The first-order chi connectivity index (χ1) is 18.8. The Hall–Kier alpha value is -4.08. The molecule has 0 bridgehead atoms. The van der Waals surface area contributed by atoms with Gasteiger partial charge >= 0.3 is 5.97 Å². The van der Waals surface area contributed by atoms with Gasteiger partial charge in [-0.3, -0.25) is 19.2 Å². The first kappa shape index (κ1) is 26.5. The Morgan fingerprint density at radius 1 is 0.923 bits per heavy atom. The molecule has 2 aromatic carbocycles. The summed E-state index contributed by atoms with van der Waals surface area (Å²) in [6, 6.07) is 11.3. The standard InChI is InChI=1S/C29H33N3O7/c1-18-6-5-9-20(14-18)28(36)31-12-13-32(29(37)21-10-11-23-24(15-21)39-17-38-23)27(31)26(35)30-22(16-25(33)34)19-7-3-2-4-8-19/h5-6,9-11,14-15,19,22,27H,2-4,7-8,12-13,16-17H2,1H3,(H,30,35)(H,33,34). The predicted octanol–water partition coefficient (Wildman–Crippen LogP) is 3.19. The van der Waals surface area contributed by atoms with Crippen molar-refractivity contribution >= 4 is 23.7 Å². The van der Waals surface area contributed by atoms with Crippen LogP contribution in [0, 0.1) is 12.8 Å². The largest absolute Gasteiger partial charge is 0.481 e. The molecule has 206 valence electrons. The number of aliphatic carboxylic acids is 1. The summed E-state index contributed by atoms with van der Waals surface area (Å²) >= 11 is 0. The SMILES string of the molecule is Cc1cccc(C(=O)N2CCN(C(=O)c3ccc4c(c3)OCO4)C2C(=O)NC(CC(=O)O)C2CCCCC2)c1. The van der Waals surface area contributed by atoms with Crippen LogP contribution in [0.1, 0.15) is 64.8 Å². The molecule has 2 fully saturated rings. The van der Waals surface area contributed by atoms with E-state index in [2.05, 4.69) is 5.32 Å². The average molecular weight is 536 g/mol. The minimum Gasteiger partial charge on any atom is -0.481 e. The number of nitrogens with one attached hydrogen (secondary N) is 1. The lowest BCUT2D eigenvalue weighted by atomic mass is 9.82. The number of hydrogen-bond donors (Lipinski definition) is 2. The second kappa shape index (κ2) is 11.3. The summed E-state index contributed by atoms with van der Waals surface area (Å²) in [5.41, 5.74) is 1.61. The van der Waals surface area contributed by atoms with Crippen molar-refractivity contribution in [2.75, 3.05) is 19.9 Å². The number of benzene rings is 2. The highest BCUT2D eigenvalue weighted by atomic mass is 16.7. The average Bonchev–Trinajstić information content (AvgIpc) is 3.59. The van der Waals surface area contributed by atoms with Crippen LogP contribution in [0.25, 0.3) is 0 Å². The van der Waals surface area contributed by atoms with E-state index in [1.807, 2.05) is 13.0 Å². The molecule has 1 aliphatic carbocycles. The predicted molar refractivity (Wildman–Crippen MR) is 140 cm³/mol. The van der Waals surface area contributed by atoms with Gasteiger partial charge in [-0.2, -0.15) is 0 Å². The molecule has 1 saturated heterocycles. The maximum Gasteiger partial charge on any atom is 0.305 e. The molecule has 5 rings (SSSR count). The van der Waals surface area contributed by atoms with Gasteiger partial charge in [0.05, 0.1) is 6.42 Å². The summed E-state index contributed by atoms with van der Waals surface area (Å²) in [4.78, 5) is 55.7. The number of carbonyl (C=O) groups excluding carboxylic acids is 3. The van der Waals surface area contributed by atoms with Crippen LogP contribution in [-0.4, -0.2) is 70.7 Å². The van der Waals surface area contributed by atoms with Gasteiger partial charge in [0.15, 0.2) is 17.7 Å². The summed E-state index contributed by atoms with van der Waals surface area (Å²) in [7, 11) is 0. The number of carboxylic acids is 1. The summed E-state index contributed by atoms with van der Waals surface area (Å²) in [6.07, 6.45) is 3.26. The van der Waals surface area contributed by atoms with Crippen LogP contribution < -0.4 is 14.8 Å². The summed E-state index contributed by atoms with van der Waals surface area (Å²) < 4.78 is 10.8. The van der Waals surface area contributed by atoms with Crippen LogP contribution in [0.5, 0.6) is 11.5 Å². The van der Waals surface area contributed by atoms with E-state index >= 15 is 0 Å². The van der Waals surface area contributed by atoms with E-state index in [4.69, 9.17) is 9.47 Å². The lowest BCUT2D eigenvalue weighted by Crippen LogP contribution is -2.57. The first-order valence-corrected chi connectivity index (χ1v) is 13.4. The molecule has 3 aliphatic rings. The minimum atomic E-state index is -1.23. The van der Waals surface area contributed by atoms with Gasteiger partial charge < -0.3 is 29.7 Å². The number of nitrogens with zero attached hydrogens (tertiary/aromatic N) is 2. The molecule has 2 heterocycles. The zero-order valence-electron chi connectivity index (χ0n) is 21.9. The van der Waals surface area contributed by atoms with Crippen molar-refractivity contribution in [1.82, 2.24) is 15.1 Å². The van der Waals surface area contributed by atoms with Crippen LogP contribution in [-0.2, 0) is 9.59 Å². The Bertz CT molecular complexity index is 1270. The molecule has 2 aromatic rings. The Labute approximate surface area is 226 Å². The molecule has 2 N–H and O–H groups in total. The lowest BCUT2D eigenvalue weighted by Gasteiger charge is -2.34. The number of rotatable bonds is 7. The van der Waals surface area contributed by atoms with E-state index in [0.29, 0.717) is 22.6 Å². The Morgan fingerprint density at radius 2 is 1.59 bits per heavy atom. The number of carboxylic acid groups (broad SMARTS) is 1. The quantitative estimate of drug-likeness (QED) is 0.558. The van der Waals surface area contributed by atoms with Gasteiger partial charge in [0, 0.05) is 30.3 Å². The van der Waals surface area contributed by atoms with Crippen LogP contribution in [0.15, 0.2) is 42.5 Å². The molecule has 2 aliphatic heterocycles. The molecule has 1 saturated carbocycles. The summed E-state index contributed by atoms with van der Waals surface area (Å²) in [5, 5.41) is 12.5. The fourth-order valence-corrected chi connectivity index (χ4v) is 5.79. The first-order valence-electron chi connectivity index (χ1n) is 13.4. The molecule has 0 radical (unpaired) electrons.